The van der Waals surface area contributed by atoms with E-state index in [0.29, 0.717) is 29.4 Å². The van der Waals surface area contributed by atoms with Crippen molar-refractivity contribution in [2.45, 2.75) is 6.42 Å². The average Bonchev–Trinajstić information content (AvgIpc) is 3.22. The molecule has 0 aromatic heterocycles. The second-order valence-corrected chi connectivity index (χ2v) is 5.98. The number of amides is 2. The van der Waals surface area contributed by atoms with E-state index >= 15 is 0 Å². The van der Waals surface area contributed by atoms with Gasteiger partial charge in [-0.05, 0) is 36.4 Å². The van der Waals surface area contributed by atoms with Crippen LogP contribution < -0.4 is 19.7 Å². The van der Waals surface area contributed by atoms with E-state index in [0.717, 1.165) is 0 Å². The summed E-state index contributed by atoms with van der Waals surface area (Å²) in [5.74, 6) is 0.612. The first-order chi connectivity index (χ1) is 12.1. The van der Waals surface area contributed by atoms with Crippen LogP contribution in [0.3, 0.4) is 0 Å². The normalized spacial score (nSPS) is 18.5. The highest BCUT2D eigenvalue weighted by molar-refractivity contribution is 6.03. The Hall–Kier alpha value is -3.22. The van der Waals surface area contributed by atoms with E-state index in [-0.39, 0.29) is 30.8 Å². The van der Waals surface area contributed by atoms with Gasteiger partial charge in [0.25, 0.3) is 0 Å². The second-order valence-electron chi connectivity index (χ2n) is 5.98. The summed E-state index contributed by atoms with van der Waals surface area (Å²) in [6.07, 6.45) is 0.151. The number of carbonyl (C=O) groups is 2. The molecule has 7 heteroatoms. The average molecular weight is 340 g/mol. The maximum atomic E-state index is 12.4. The summed E-state index contributed by atoms with van der Waals surface area (Å²) in [5, 5.41) is 12.1. The van der Waals surface area contributed by atoms with Crippen LogP contribution in [0.4, 0.5) is 11.4 Å². The van der Waals surface area contributed by atoms with Crippen LogP contribution in [-0.2, 0) is 9.59 Å². The summed E-state index contributed by atoms with van der Waals surface area (Å²) in [6.45, 7) is 0.479. The molecule has 1 fully saturated rings. The minimum Gasteiger partial charge on any atom is -0.508 e. The van der Waals surface area contributed by atoms with Crippen molar-refractivity contribution in [2.75, 3.05) is 23.6 Å². The van der Waals surface area contributed by atoms with E-state index < -0.39 is 5.92 Å². The Bertz CT molecular complexity index is 834. The second kappa shape index (κ2) is 6.01. The highest BCUT2D eigenvalue weighted by atomic mass is 16.7. The van der Waals surface area contributed by atoms with Crippen LogP contribution in [0.15, 0.2) is 42.5 Å². The molecule has 7 nitrogen and oxygen atoms in total. The third-order valence-corrected chi connectivity index (χ3v) is 4.30. The van der Waals surface area contributed by atoms with E-state index in [1.54, 1.807) is 35.2 Å². The van der Waals surface area contributed by atoms with Crippen molar-refractivity contribution in [1.82, 2.24) is 0 Å². The Kier molecular flexibility index (Phi) is 3.68. The monoisotopic (exact) mass is 340 g/mol. The molecule has 128 valence electrons. The van der Waals surface area contributed by atoms with Crippen molar-refractivity contribution < 1.29 is 24.2 Å². The van der Waals surface area contributed by atoms with Gasteiger partial charge in [0.15, 0.2) is 11.5 Å². The lowest BCUT2D eigenvalue weighted by atomic mass is 10.1. The van der Waals surface area contributed by atoms with Gasteiger partial charge in [0.05, 0.1) is 5.92 Å². The number of carbonyl (C=O) groups excluding carboxylic acids is 2. The van der Waals surface area contributed by atoms with Crippen molar-refractivity contribution in [1.29, 1.82) is 0 Å². The van der Waals surface area contributed by atoms with Crippen LogP contribution in [-0.4, -0.2) is 30.3 Å². The molecule has 1 atom stereocenters. The summed E-state index contributed by atoms with van der Waals surface area (Å²) >= 11 is 0. The molecule has 2 heterocycles. The standard InChI is InChI=1S/C18H16N2O5/c21-14-4-1-12(2-5-14)19-18(23)11-7-17(22)20(9-11)13-3-6-15-16(8-13)25-10-24-15/h1-6,8,11,21H,7,9-10H2,(H,19,23). The molecular weight excluding hydrogens is 324 g/mol. The van der Waals surface area contributed by atoms with Gasteiger partial charge in [0.1, 0.15) is 5.75 Å². The number of aromatic hydroxyl groups is 1. The Labute approximate surface area is 143 Å². The number of phenolic OH excluding ortho intramolecular Hbond substituents is 1. The molecule has 2 aliphatic rings. The van der Waals surface area contributed by atoms with E-state index in [4.69, 9.17) is 9.47 Å². The van der Waals surface area contributed by atoms with Crippen molar-refractivity contribution in [3.63, 3.8) is 0 Å². The molecule has 0 spiro atoms. The lowest BCUT2D eigenvalue weighted by Gasteiger charge is -2.17. The van der Waals surface area contributed by atoms with Gasteiger partial charge in [0.2, 0.25) is 18.6 Å². The summed E-state index contributed by atoms with van der Waals surface area (Å²) < 4.78 is 10.6. The fourth-order valence-electron chi connectivity index (χ4n) is 2.97. The van der Waals surface area contributed by atoms with Gasteiger partial charge in [-0.25, -0.2) is 0 Å². The fraction of sp³-hybridized carbons (Fsp3) is 0.222. The third-order valence-electron chi connectivity index (χ3n) is 4.30. The van der Waals surface area contributed by atoms with Gasteiger partial charge in [-0.1, -0.05) is 0 Å². The van der Waals surface area contributed by atoms with Crippen LogP contribution in [0.2, 0.25) is 0 Å². The zero-order chi connectivity index (χ0) is 17.4. The Balaban J connectivity index is 1.46. The maximum absolute atomic E-state index is 12.4. The van der Waals surface area contributed by atoms with Gasteiger partial charge < -0.3 is 24.8 Å². The van der Waals surface area contributed by atoms with Crippen molar-refractivity contribution in [3.05, 3.63) is 42.5 Å². The number of ether oxygens (including phenoxy) is 2. The molecule has 1 saturated heterocycles. The molecule has 1 unspecified atom stereocenters. The molecule has 2 N–H and O–H groups in total. The molecule has 0 saturated carbocycles. The number of nitrogens with zero attached hydrogens (tertiary/aromatic N) is 1. The molecule has 2 aliphatic heterocycles. The number of hydrogen-bond donors (Lipinski definition) is 2. The van der Waals surface area contributed by atoms with E-state index in [1.165, 1.54) is 12.1 Å². The first kappa shape index (κ1) is 15.3. The van der Waals surface area contributed by atoms with Crippen LogP contribution in [0, 0.1) is 5.92 Å². The lowest BCUT2D eigenvalue weighted by Crippen LogP contribution is -2.28. The van der Waals surface area contributed by atoms with Crippen LogP contribution >= 0.6 is 0 Å². The Morgan fingerprint density at radius 3 is 2.68 bits per heavy atom. The Morgan fingerprint density at radius 2 is 1.88 bits per heavy atom. The molecule has 2 aromatic rings. The van der Waals surface area contributed by atoms with Crippen LogP contribution in [0.25, 0.3) is 0 Å². The molecule has 0 bridgehead atoms. The number of phenols is 1. The number of fused-ring (bicyclic) bond motifs is 1. The van der Waals surface area contributed by atoms with Crippen LogP contribution in [0.5, 0.6) is 17.2 Å². The zero-order valence-corrected chi connectivity index (χ0v) is 13.3. The van der Waals surface area contributed by atoms with E-state index in [9.17, 15) is 14.7 Å². The first-order valence-electron chi connectivity index (χ1n) is 7.90. The van der Waals surface area contributed by atoms with Crippen molar-refractivity contribution in [2.24, 2.45) is 5.92 Å². The minimum absolute atomic E-state index is 0.107. The first-order valence-corrected chi connectivity index (χ1v) is 7.90. The molecule has 2 aromatic carbocycles. The summed E-state index contributed by atoms with van der Waals surface area (Å²) in [7, 11) is 0. The lowest BCUT2D eigenvalue weighted by molar-refractivity contribution is -0.122. The summed E-state index contributed by atoms with van der Waals surface area (Å²) in [5.41, 5.74) is 1.27. The number of hydrogen-bond acceptors (Lipinski definition) is 5. The quantitative estimate of drug-likeness (QED) is 0.836. The number of rotatable bonds is 3. The van der Waals surface area contributed by atoms with Crippen molar-refractivity contribution in [3.8, 4) is 17.2 Å². The highest BCUT2D eigenvalue weighted by Gasteiger charge is 2.35. The molecule has 4 rings (SSSR count). The predicted octanol–water partition coefficient (Wildman–Crippen LogP) is 2.11. The third kappa shape index (κ3) is 2.96. The van der Waals surface area contributed by atoms with Crippen molar-refractivity contribution >= 4 is 23.2 Å². The van der Waals surface area contributed by atoms with E-state index in [1.807, 2.05) is 0 Å². The maximum Gasteiger partial charge on any atom is 0.231 e. The largest absolute Gasteiger partial charge is 0.508 e. The minimum atomic E-state index is -0.438. The number of benzene rings is 2. The zero-order valence-electron chi connectivity index (χ0n) is 13.3. The Morgan fingerprint density at radius 1 is 1.12 bits per heavy atom. The topological polar surface area (TPSA) is 88.1 Å². The summed E-state index contributed by atoms with van der Waals surface area (Å²) in [4.78, 5) is 26.3. The van der Waals surface area contributed by atoms with E-state index in [2.05, 4.69) is 5.32 Å². The van der Waals surface area contributed by atoms with Gasteiger partial charge >= 0.3 is 0 Å². The van der Waals surface area contributed by atoms with Gasteiger partial charge in [-0.15, -0.1) is 0 Å². The van der Waals surface area contributed by atoms with Gasteiger partial charge in [-0.2, -0.15) is 0 Å². The highest BCUT2D eigenvalue weighted by Crippen LogP contribution is 2.37. The molecule has 2 amide bonds. The SMILES string of the molecule is O=C(Nc1ccc(O)cc1)C1CC(=O)N(c2ccc3c(c2)OCO3)C1. The van der Waals surface area contributed by atoms with Gasteiger partial charge in [-0.3, -0.25) is 9.59 Å². The molecule has 25 heavy (non-hydrogen) atoms. The number of nitrogens with one attached hydrogen (secondary N) is 1. The molecule has 0 aliphatic carbocycles. The van der Waals surface area contributed by atoms with Crippen LogP contribution in [0.1, 0.15) is 6.42 Å². The molecular formula is C18H16N2O5. The number of anilines is 2. The smallest absolute Gasteiger partial charge is 0.231 e. The fourth-order valence-corrected chi connectivity index (χ4v) is 2.97. The summed E-state index contributed by atoms with van der Waals surface area (Å²) in [6, 6.07) is 11.5. The predicted molar refractivity (Wildman–Crippen MR) is 89.8 cm³/mol. The molecule has 0 radical (unpaired) electrons. The van der Waals surface area contributed by atoms with Gasteiger partial charge in [0, 0.05) is 30.4 Å².